The van der Waals surface area contributed by atoms with E-state index in [-0.39, 0.29) is 0 Å². The number of hydrogen-bond acceptors (Lipinski definition) is 2. The third-order valence-electron chi connectivity index (χ3n) is 1.09. The van der Waals surface area contributed by atoms with Gasteiger partial charge in [-0.1, -0.05) is 12.7 Å². The van der Waals surface area contributed by atoms with Crippen molar-refractivity contribution in [3.8, 4) is 0 Å². The van der Waals surface area contributed by atoms with Crippen LogP contribution >= 0.6 is 0 Å². The van der Waals surface area contributed by atoms with Crippen molar-refractivity contribution in [3.63, 3.8) is 0 Å². The summed E-state index contributed by atoms with van der Waals surface area (Å²) >= 11 is 0. The minimum Gasteiger partial charge on any atom is -0.399 e. The Balaban J connectivity index is 4.11. The van der Waals surface area contributed by atoms with Crippen LogP contribution in [0.4, 0.5) is 0 Å². The van der Waals surface area contributed by atoms with E-state index in [4.69, 9.17) is 5.73 Å². The SMILES string of the molecule is C=C/C=C(N)\C=C(/C)NC. The fourth-order valence-electron chi connectivity index (χ4n) is 0.506. The first-order chi connectivity index (χ1) is 4.70. The Morgan fingerprint density at radius 1 is 1.60 bits per heavy atom. The lowest BCUT2D eigenvalue weighted by atomic mass is 10.3. The summed E-state index contributed by atoms with van der Waals surface area (Å²) in [5, 5.41) is 2.96. The lowest BCUT2D eigenvalue weighted by Crippen LogP contribution is -2.04. The first kappa shape index (κ1) is 8.82. The molecular formula is C8H14N2. The number of nitrogens with two attached hydrogens (primary N) is 1. The van der Waals surface area contributed by atoms with E-state index in [2.05, 4.69) is 11.9 Å². The van der Waals surface area contributed by atoms with Gasteiger partial charge in [0.2, 0.25) is 0 Å². The third kappa shape index (κ3) is 3.78. The molecule has 0 saturated carbocycles. The van der Waals surface area contributed by atoms with Gasteiger partial charge in [0.15, 0.2) is 0 Å². The summed E-state index contributed by atoms with van der Waals surface area (Å²) in [4.78, 5) is 0. The summed E-state index contributed by atoms with van der Waals surface area (Å²) in [6, 6.07) is 0. The highest BCUT2D eigenvalue weighted by Crippen LogP contribution is 1.91. The second kappa shape index (κ2) is 4.68. The van der Waals surface area contributed by atoms with Gasteiger partial charge in [0, 0.05) is 18.4 Å². The van der Waals surface area contributed by atoms with E-state index in [9.17, 15) is 0 Å². The molecule has 0 aromatic carbocycles. The highest BCUT2D eigenvalue weighted by atomic mass is 14.8. The highest BCUT2D eigenvalue weighted by Gasteiger charge is 1.82. The van der Waals surface area contributed by atoms with E-state index in [0.717, 1.165) is 5.70 Å². The van der Waals surface area contributed by atoms with Crippen LogP contribution in [0.5, 0.6) is 0 Å². The molecule has 3 N–H and O–H groups in total. The van der Waals surface area contributed by atoms with Crippen LogP contribution in [0.15, 0.2) is 36.2 Å². The number of allylic oxidation sites excluding steroid dienone is 4. The van der Waals surface area contributed by atoms with E-state index < -0.39 is 0 Å². The fourth-order valence-corrected chi connectivity index (χ4v) is 0.506. The zero-order valence-corrected chi connectivity index (χ0v) is 6.52. The van der Waals surface area contributed by atoms with Crippen LogP contribution in [0.25, 0.3) is 0 Å². The average Bonchev–Trinajstić information content (AvgIpc) is 1.88. The largest absolute Gasteiger partial charge is 0.399 e. The zero-order chi connectivity index (χ0) is 7.98. The molecule has 0 fully saturated rings. The maximum Gasteiger partial charge on any atom is 0.0330 e. The molecule has 0 aliphatic carbocycles. The van der Waals surface area contributed by atoms with Gasteiger partial charge in [0.1, 0.15) is 0 Å². The van der Waals surface area contributed by atoms with Crippen molar-refractivity contribution in [1.82, 2.24) is 5.32 Å². The van der Waals surface area contributed by atoms with Crippen molar-refractivity contribution in [2.24, 2.45) is 5.73 Å². The van der Waals surface area contributed by atoms with Gasteiger partial charge in [-0.25, -0.2) is 0 Å². The first-order valence-corrected chi connectivity index (χ1v) is 3.15. The average molecular weight is 138 g/mol. The predicted molar refractivity (Wildman–Crippen MR) is 45.3 cm³/mol. The van der Waals surface area contributed by atoms with Crippen molar-refractivity contribution in [2.75, 3.05) is 7.05 Å². The summed E-state index contributed by atoms with van der Waals surface area (Å²) in [7, 11) is 1.85. The normalized spacial score (nSPS) is 13.0. The molecule has 0 radical (unpaired) electrons. The molecule has 0 heterocycles. The van der Waals surface area contributed by atoms with E-state index in [1.165, 1.54) is 0 Å². The van der Waals surface area contributed by atoms with Crippen LogP contribution < -0.4 is 11.1 Å². The Labute approximate surface area is 62.1 Å². The maximum absolute atomic E-state index is 5.53. The van der Waals surface area contributed by atoms with Gasteiger partial charge in [-0.2, -0.15) is 0 Å². The standard InChI is InChI=1S/C8H14N2/c1-4-5-8(9)6-7(2)10-3/h4-6,10H,1,9H2,2-3H3/b7-6+,8-5+. The van der Waals surface area contributed by atoms with Crippen molar-refractivity contribution < 1.29 is 0 Å². The molecule has 2 heteroatoms. The van der Waals surface area contributed by atoms with Gasteiger partial charge in [0.05, 0.1) is 0 Å². The highest BCUT2D eigenvalue weighted by molar-refractivity contribution is 5.22. The predicted octanol–water partition coefficient (Wildman–Crippen LogP) is 1.14. The zero-order valence-electron chi connectivity index (χ0n) is 6.52. The topological polar surface area (TPSA) is 38.0 Å². The lowest BCUT2D eigenvalue weighted by Gasteiger charge is -1.97. The second-order valence-electron chi connectivity index (χ2n) is 1.98. The minimum atomic E-state index is 0.710. The molecule has 2 nitrogen and oxygen atoms in total. The Bertz CT molecular complexity index is 166. The van der Waals surface area contributed by atoms with Crippen LogP contribution in [-0.4, -0.2) is 7.05 Å². The van der Waals surface area contributed by atoms with Gasteiger partial charge >= 0.3 is 0 Å². The van der Waals surface area contributed by atoms with E-state index in [1.54, 1.807) is 12.2 Å². The molecule has 10 heavy (non-hydrogen) atoms. The molecule has 0 aromatic rings. The number of rotatable bonds is 3. The van der Waals surface area contributed by atoms with Crippen molar-refractivity contribution >= 4 is 0 Å². The van der Waals surface area contributed by atoms with Crippen molar-refractivity contribution in [1.29, 1.82) is 0 Å². The van der Waals surface area contributed by atoms with Crippen LogP contribution in [0.1, 0.15) is 6.92 Å². The Kier molecular flexibility index (Phi) is 4.12. The molecule has 0 unspecified atom stereocenters. The fraction of sp³-hybridized carbons (Fsp3) is 0.250. The van der Waals surface area contributed by atoms with E-state index in [0.29, 0.717) is 5.70 Å². The molecule has 56 valence electrons. The summed E-state index contributed by atoms with van der Waals surface area (Å²) in [5.41, 5.74) is 7.28. The Morgan fingerprint density at radius 3 is 2.60 bits per heavy atom. The van der Waals surface area contributed by atoms with Crippen LogP contribution in [0, 0.1) is 0 Å². The van der Waals surface area contributed by atoms with Crippen molar-refractivity contribution in [3.05, 3.63) is 36.2 Å². The molecular weight excluding hydrogens is 124 g/mol. The minimum absolute atomic E-state index is 0.710. The number of hydrogen-bond donors (Lipinski definition) is 2. The van der Waals surface area contributed by atoms with Crippen LogP contribution in [-0.2, 0) is 0 Å². The van der Waals surface area contributed by atoms with Gasteiger partial charge < -0.3 is 11.1 Å². The van der Waals surface area contributed by atoms with Gasteiger partial charge in [0.25, 0.3) is 0 Å². The van der Waals surface area contributed by atoms with Gasteiger partial charge in [-0.15, -0.1) is 0 Å². The molecule has 0 rings (SSSR count). The maximum atomic E-state index is 5.53. The van der Waals surface area contributed by atoms with Crippen molar-refractivity contribution in [2.45, 2.75) is 6.92 Å². The molecule has 0 atom stereocenters. The molecule has 0 amide bonds. The molecule has 0 bridgehead atoms. The molecule has 0 aliphatic heterocycles. The smallest absolute Gasteiger partial charge is 0.0330 e. The third-order valence-corrected chi connectivity index (χ3v) is 1.09. The summed E-state index contributed by atoms with van der Waals surface area (Å²) in [5.74, 6) is 0. The Hall–Kier alpha value is -1.18. The second-order valence-corrected chi connectivity index (χ2v) is 1.98. The first-order valence-electron chi connectivity index (χ1n) is 3.15. The molecule has 0 aliphatic rings. The molecule has 0 saturated heterocycles. The Morgan fingerprint density at radius 2 is 2.20 bits per heavy atom. The van der Waals surface area contributed by atoms with Gasteiger partial charge in [-0.05, 0) is 19.1 Å². The van der Waals surface area contributed by atoms with E-state index in [1.807, 2.05) is 20.0 Å². The summed E-state index contributed by atoms with van der Waals surface area (Å²) in [6.45, 7) is 5.48. The lowest BCUT2D eigenvalue weighted by molar-refractivity contribution is 0.985. The van der Waals surface area contributed by atoms with Crippen LogP contribution in [0.3, 0.4) is 0 Å². The van der Waals surface area contributed by atoms with Gasteiger partial charge in [-0.3, -0.25) is 0 Å². The quantitative estimate of drug-likeness (QED) is 0.574. The monoisotopic (exact) mass is 138 g/mol. The summed E-state index contributed by atoms with van der Waals surface area (Å²) < 4.78 is 0. The molecule has 0 spiro atoms. The number of nitrogens with one attached hydrogen (secondary N) is 1. The summed E-state index contributed by atoms with van der Waals surface area (Å²) in [6.07, 6.45) is 5.26. The van der Waals surface area contributed by atoms with Crippen LogP contribution in [0.2, 0.25) is 0 Å². The van der Waals surface area contributed by atoms with E-state index >= 15 is 0 Å². The molecule has 0 aromatic heterocycles.